The van der Waals surface area contributed by atoms with Gasteiger partial charge in [-0.25, -0.2) is 0 Å². The van der Waals surface area contributed by atoms with Crippen LogP contribution in [0.25, 0.3) is 0 Å². The Morgan fingerprint density at radius 2 is 1.22 bits per heavy atom. The Kier molecular flexibility index (Phi) is 8.70. The maximum absolute atomic E-state index is 11.6. The van der Waals surface area contributed by atoms with Gasteiger partial charge in [-0.15, -0.1) is 0 Å². The highest BCUT2D eigenvalue weighted by Gasteiger charge is 2.52. The van der Waals surface area contributed by atoms with E-state index in [1.54, 1.807) is 0 Å². The minimum absolute atomic E-state index is 0.327. The molecule has 0 aromatic heterocycles. The maximum Gasteiger partial charge on any atom is 0.303 e. The predicted molar refractivity (Wildman–Crippen MR) is 90.2 cm³/mol. The Hall–Kier alpha value is -2.14. The molecule has 0 amide bonds. The SMILES string of the molecule is CC(=O)OC[C@@H]1O[C@H](SC(C)=O)[C@@H](OC(C)=O)[C@@H](OC(C)=O)[C@@H]1OC(C)=O. The van der Waals surface area contributed by atoms with Crippen LogP contribution in [0.3, 0.4) is 0 Å². The van der Waals surface area contributed by atoms with Gasteiger partial charge >= 0.3 is 23.9 Å². The Morgan fingerprint density at radius 1 is 0.741 bits per heavy atom. The van der Waals surface area contributed by atoms with Crippen molar-refractivity contribution in [3.8, 4) is 0 Å². The van der Waals surface area contributed by atoms with Crippen molar-refractivity contribution < 1.29 is 47.7 Å². The van der Waals surface area contributed by atoms with Crippen LogP contribution in [0, 0.1) is 0 Å². The summed E-state index contributed by atoms with van der Waals surface area (Å²) in [6.45, 7) is 5.51. The summed E-state index contributed by atoms with van der Waals surface area (Å²) in [6, 6.07) is 0. The molecule has 1 saturated heterocycles. The van der Waals surface area contributed by atoms with Gasteiger partial charge in [-0.2, -0.15) is 0 Å². The summed E-state index contributed by atoms with van der Waals surface area (Å²) in [5.74, 6) is -2.76. The normalized spacial score (nSPS) is 27.2. The standard InChI is InChI=1S/C16H22O10S/c1-7(17)22-6-12-13(23-8(2)18)14(24-9(3)19)15(25-10(4)20)16(26-12)27-11(5)21/h12-16H,6H2,1-5H3/t12-,13+,14-,15-,16+/m0/s1. The van der Waals surface area contributed by atoms with E-state index in [9.17, 15) is 24.0 Å². The molecular weight excluding hydrogens is 384 g/mol. The first-order valence-corrected chi connectivity index (χ1v) is 8.87. The topological polar surface area (TPSA) is 132 Å². The first-order valence-electron chi connectivity index (χ1n) is 7.99. The minimum atomic E-state index is -1.26. The number of esters is 4. The zero-order valence-corrected chi connectivity index (χ0v) is 16.4. The van der Waals surface area contributed by atoms with Gasteiger partial charge in [-0.1, -0.05) is 11.8 Å². The molecule has 0 N–H and O–H groups in total. The molecule has 1 aliphatic rings. The summed E-state index contributed by atoms with van der Waals surface area (Å²) in [7, 11) is 0. The monoisotopic (exact) mass is 406 g/mol. The molecule has 0 saturated carbocycles. The van der Waals surface area contributed by atoms with Gasteiger partial charge in [0.15, 0.2) is 28.9 Å². The molecule has 152 valence electrons. The largest absolute Gasteiger partial charge is 0.463 e. The third-order valence-electron chi connectivity index (χ3n) is 3.23. The summed E-state index contributed by atoms with van der Waals surface area (Å²) in [6.07, 6.45) is -4.76. The number of rotatable bonds is 6. The number of carbonyl (C=O) groups excluding carboxylic acids is 5. The molecular formula is C16H22O10S. The average Bonchev–Trinajstić information content (AvgIpc) is 2.49. The Morgan fingerprint density at radius 3 is 1.67 bits per heavy atom. The van der Waals surface area contributed by atoms with Crippen molar-refractivity contribution in [2.45, 2.75) is 64.5 Å². The van der Waals surface area contributed by atoms with Gasteiger partial charge in [0.05, 0.1) is 0 Å². The van der Waals surface area contributed by atoms with E-state index in [1.165, 1.54) is 13.8 Å². The van der Waals surface area contributed by atoms with Gasteiger partial charge in [0, 0.05) is 34.6 Å². The molecule has 0 bridgehead atoms. The molecule has 0 aromatic rings. The quantitative estimate of drug-likeness (QED) is 0.447. The van der Waals surface area contributed by atoms with Crippen LogP contribution in [0.1, 0.15) is 34.6 Å². The fourth-order valence-electron chi connectivity index (χ4n) is 2.45. The highest BCUT2D eigenvalue weighted by Crippen LogP contribution is 2.34. The van der Waals surface area contributed by atoms with Crippen LogP contribution < -0.4 is 0 Å². The van der Waals surface area contributed by atoms with E-state index in [0.717, 1.165) is 20.8 Å². The van der Waals surface area contributed by atoms with E-state index < -0.39 is 53.7 Å². The summed E-state index contributed by atoms with van der Waals surface area (Å²) in [5, 5.41) is -0.351. The van der Waals surface area contributed by atoms with Crippen LogP contribution in [-0.4, -0.2) is 65.5 Å². The second kappa shape index (κ2) is 10.3. The van der Waals surface area contributed by atoms with Crippen LogP contribution in [0.2, 0.25) is 0 Å². The van der Waals surface area contributed by atoms with E-state index in [1.807, 2.05) is 0 Å². The van der Waals surface area contributed by atoms with Crippen LogP contribution in [0.5, 0.6) is 0 Å². The van der Waals surface area contributed by atoms with Crippen molar-refractivity contribution >= 4 is 40.8 Å². The van der Waals surface area contributed by atoms with Crippen LogP contribution in [-0.2, 0) is 47.7 Å². The molecule has 1 aliphatic heterocycles. The molecule has 10 nitrogen and oxygen atoms in total. The van der Waals surface area contributed by atoms with E-state index in [2.05, 4.69) is 0 Å². The Bertz CT molecular complexity index is 604. The second-order valence-electron chi connectivity index (χ2n) is 5.68. The number of hydrogen-bond donors (Lipinski definition) is 0. The lowest BCUT2D eigenvalue weighted by molar-refractivity contribution is -0.237. The highest BCUT2D eigenvalue weighted by molar-refractivity contribution is 8.14. The summed E-state index contributed by atoms with van der Waals surface area (Å²) in [5.41, 5.74) is -1.07. The number of hydrogen-bond acceptors (Lipinski definition) is 11. The summed E-state index contributed by atoms with van der Waals surface area (Å²) in [4.78, 5) is 57.3. The smallest absolute Gasteiger partial charge is 0.303 e. The molecule has 1 fully saturated rings. The molecule has 1 heterocycles. The van der Waals surface area contributed by atoms with Gasteiger partial charge < -0.3 is 23.7 Å². The molecule has 27 heavy (non-hydrogen) atoms. The maximum atomic E-state index is 11.6. The first kappa shape index (κ1) is 22.9. The van der Waals surface area contributed by atoms with E-state index in [0.29, 0.717) is 11.8 Å². The van der Waals surface area contributed by atoms with Crippen molar-refractivity contribution in [2.75, 3.05) is 6.61 Å². The van der Waals surface area contributed by atoms with Crippen LogP contribution >= 0.6 is 11.8 Å². The number of thioether (sulfide) groups is 1. The van der Waals surface area contributed by atoms with E-state index in [-0.39, 0.29) is 11.7 Å². The lowest BCUT2D eigenvalue weighted by atomic mass is 9.99. The molecule has 0 radical (unpaired) electrons. The molecule has 0 aromatic carbocycles. The average molecular weight is 406 g/mol. The summed E-state index contributed by atoms with van der Waals surface area (Å²) < 4.78 is 26.2. The van der Waals surface area contributed by atoms with Gasteiger partial charge in [0.2, 0.25) is 0 Å². The van der Waals surface area contributed by atoms with Crippen molar-refractivity contribution in [2.24, 2.45) is 0 Å². The molecule has 5 atom stereocenters. The zero-order valence-electron chi connectivity index (χ0n) is 15.6. The van der Waals surface area contributed by atoms with Gasteiger partial charge in [-0.3, -0.25) is 24.0 Å². The van der Waals surface area contributed by atoms with E-state index in [4.69, 9.17) is 23.7 Å². The van der Waals surface area contributed by atoms with Gasteiger partial charge in [0.1, 0.15) is 12.7 Å². The Balaban J connectivity index is 3.29. The zero-order chi connectivity index (χ0) is 20.7. The Labute approximate surface area is 160 Å². The first-order chi connectivity index (χ1) is 12.5. The van der Waals surface area contributed by atoms with Crippen molar-refractivity contribution in [1.29, 1.82) is 0 Å². The fourth-order valence-corrected chi connectivity index (χ4v) is 3.32. The molecule has 1 rings (SSSR count). The molecule has 0 aliphatic carbocycles. The second-order valence-corrected chi connectivity index (χ2v) is 6.95. The predicted octanol–water partition coefficient (Wildman–Crippen LogP) is 0.349. The third kappa shape index (κ3) is 7.55. The van der Waals surface area contributed by atoms with Gasteiger partial charge in [0.25, 0.3) is 0 Å². The molecule has 0 unspecified atom stereocenters. The molecule has 11 heteroatoms. The van der Waals surface area contributed by atoms with Crippen molar-refractivity contribution in [1.82, 2.24) is 0 Å². The van der Waals surface area contributed by atoms with Crippen molar-refractivity contribution in [3.63, 3.8) is 0 Å². The van der Waals surface area contributed by atoms with Gasteiger partial charge in [-0.05, 0) is 0 Å². The van der Waals surface area contributed by atoms with Crippen LogP contribution in [0.4, 0.5) is 0 Å². The lowest BCUT2D eigenvalue weighted by Gasteiger charge is -2.43. The number of carbonyl (C=O) groups is 5. The lowest BCUT2D eigenvalue weighted by Crippen LogP contribution is -2.61. The summed E-state index contributed by atoms with van der Waals surface area (Å²) >= 11 is 0.705. The fraction of sp³-hybridized carbons (Fsp3) is 0.688. The number of ether oxygens (including phenoxy) is 5. The van der Waals surface area contributed by atoms with Crippen LogP contribution in [0.15, 0.2) is 0 Å². The van der Waals surface area contributed by atoms with Crippen molar-refractivity contribution in [3.05, 3.63) is 0 Å². The minimum Gasteiger partial charge on any atom is -0.463 e. The highest BCUT2D eigenvalue weighted by atomic mass is 32.2. The molecule has 0 spiro atoms. The third-order valence-corrected chi connectivity index (χ3v) is 4.17. The van der Waals surface area contributed by atoms with E-state index >= 15 is 0 Å².